The molecule has 8 heteroatoms. The van der Waals surface area contributed by atoms with Crippen LogP contribution in [-0.4, -0.2) is 74.7 Å². The Labute approximate surface area is 109 Å². The number of hydrogen-bond acceptors (Lipinski definition) is 5. The van der Waals surface area contributed by atoms with Crippen LogP contribution in [0.5, 0.6) is 0 Å². The summed E-state index contributed by atoms with van der Waals surface area (Å²) in [5.74, 6) is -1.42. The Hall–Kier alpha value is -0.700. The van der Waals surface area contributed by atoms with Crippen molar-refractivity contribution in [2.24, 2.45) is 5.73 Å². The number of aliphatic carboxylic acids is 1. The van der Waals surface area contributed by atoms with Crippen LogP contribution in [0.4, 0.5) is 0 Å². The van der Waals surface area contributed by atoms with Crippen molar-refractivity contribution in [1.29, 1.82) is 0 Å². The van der Waals surface area contributed by atoms with Gasteiger partial charge < -0.3 is 15.7 Å². The molecular formula is C10H23N3O4S. The van der Waals surface area contributed by atoms with Gasteiger partial charge in [-0.1, -0.05) is 0 Å². The first-order valence-electron chi connectivity index (χ1n) is 5.74. The third-order valence-corrected chi connectivity index (χ3v) is 4.44. The van der Waals surface area contributed by atoms with Gasteiger partial charge in [-0.05, 0) is 33.5 Å². The summed E-state index contributed by atoms with van der Waals surface area (Å²) < 4.78 is 24.8. The molecule has 0 bridgehead atoms. The molecule has 7 nitrogen and oxygen atoms in total. The lowest BCUT2D eigenvalue weighted by molar-refractivity contribution is -0.138. The van der Waals surface area contributed by atoms with Gasteiger partial charge in [0.2, 0.25) is 10.0 Å². The predicted octanol–water partition coefficient (Wildman–Crippen LogP) is -0.998. The largest absolute Gasteiger partial charge is 0.480 e. The summed E-state index contributed by atoms with van der Waals surface area (Å²) >= 11 is 0. The number of sulfonamides is 1. The maximum absolute atomic E-state index is 11.8. The molecule has 0 aromatic heterocycles. The highest BCUT2D eigenvalue weighted by Gasteiger charge is 2.21. The molecule has 0 saturated heterocycles. The molecule has 0 saturated carbocycles. The van der Waals surface area contributed by atoms with Crippen LogP contribution in [0.2, 0.25) is 0 Å². The van der Waals surface area contributed by atoms with E-state index in [9.17, 15) is 13.2 Å². The van der Waals surface area contributed by atoms with E-state index < -0.39 is 22.0 Å². The second-order valence-electron chi connectivity index (χ2n) is 4.53. The monoisotopic (exact) mass is 281 g/mol. The molecule has 0 radical (unpaired) electrons. The molecule has 3 N–H and O–H groups in total. The molecular weight excluding hydrogens is 258 g/mol. The highest BCUT2D eigenvalue weighted by atomic mass is 32.2. The van der Waals surface area contributed by atoms with Gasteiger partial charge in [0.05, 0.1) is 5.75 Å². The Kier molecular flexibility index (Phi) is 7.37. The summed E-state index contributed by atoms with van der Waals surface area (Å²) in [6.45, 7) is 1.22. The lowest BCUT2D eigenvalue weighted by Gasteiger charge is -2.18. The zero-order chi connectivity index (χ0) is 14.3. The second-order valence-corrected chi connectivity index (χ2v) is 6.72. The topological polar surface area (TPSA) is 104 Å². The van der Waals surface area contributed by atoms with Crippen LogP contribution in [0, 0.1) is 0 Å². The number of carboxylic acid groups (broad SMARTS) is 1. The maximum atomic E-state index is 11.8. The molecule has 0 spiro atoms. The maximum Gasteiger partial charge on any atom is 0.320 e. The van der Waals surface area contributed by atoms with Crippen molar-refractivity contribution in [3.63, 3.8) is 0 Å². The van der Waals surface area contributed by atoms with Crippen LogP contribution in [0.15, 0.2) is 0 Å². The minimum absolute atomic E-state index is 0.0737. The highest BCUT2D eigenvalue weighted by Crippen LogP contribution is 2.03. The Morgan fingerprint density at radius 1 is 1.28 bits per heavy atom. The number of carbonyl (C=O) groups is 1. The van der Waals surface area contributed by atoms with E-state index >= 15 is 0 Å². The van der Waals surface area contributed by atoms with Gasteiger partial charge in [-0.2, -0.15) is 0 Å². The molecule has 0 rings (SSSR count). The Balaban J connectivity index is 4.15. The van der Waals surface area contributed by atoms with E-state index in [4.69, 9.17) is 10.8 Å². The third kappa shape index (κ3) is 6.90. The molecule has 18 heavy (non-hydrogen) atoms. The van der Waals surface area contributed by atoms with Crippen LogP contribution < -0.4 is 5.73 Å². The number of nitrogens with two attached hydrogens (primary N) is 1. The first-order valence-corrected chi connectivity index (χ1v) is 7.35. The van der Waals surface area contributed by atoms with E-state index in [1.165, 1.54) is 11.4 Å². The fraction of sp³-hybridized carbons (Fsp3) is 0.900. The normalized spacial score (nSPS) is 14.1. The van der Waals surface area contributed by atoms with Gasteiger partial charge in [0.15, 0.2) is 0 Å². The third-order valence-electron chi connectivity index (χ3n) is 2.56. The molecule has 0 amide bonds. The van der Waals surface area contributed by atoms with Crippen molar-refractivity contribution in [3.8, 4) is 0 Å². The predicted molar refractivity (Wildman–Crippen MR) is 69.8 cm³/mol. The fourth-order valence-electron chi connectivity index (χ4n) is 1.30. The van der Waals surface area contributed by atoms with E-state index in [-0.39, 0.29) is 12.2 Å². The average Bonchev–Trinajstić information content (AvgIpc) is 2.25. The minimum Gasteiger partial charge on any atom is -0.480 e. The smallest absolute Gasteiger partial charge is 0.320 e. The van der Waals surface area contributed by atoms with Crippen molar-refractivity contribution in [2.45, 2.75) is 18.9 Å². The molecule has 0 fully saturated rings. The summed E-state index contributed by atoms with van der Waals surface area (Å²) in [6, 6.07) is -1.13. The zero-order valence-electron chi connectivity index (χ0n) is 11.2. The molecule has 0 aromatic carbocycles. The van der Waals surface area contributed by atoms with Gasteiger partial charge in [-0.15, -0.1) is 0 Å². The van der Waals surface area contributed by atoms with Gasteiger partial charge in [0.1, 0.15) is 6.04 Å². The zero-order valence-corrected chi connectivity index (χ0v) is 12.0. The van der Waals surface area contributed by atoms with Crippen molar-refractivity contribution in [1.82, 2.24) is 9.21 Å². The van der Waals surface area contributed by atoms with Gasteiger partial charge in [-0.3, -0.25) is 4.79 Å². The van der Waals surface area contributed by atoms with Gasteiger partial charge in [-0.25, -0.2) is 12.7 Å². The minimum atomic E-state index is -3.42. The van der Waals surface area contributed by atoms with Crippen molar-refractivity contribution >= 4 is 16.0 Å². The number of nitrogens with zero attached hydrogens (tertiary/aromatic N) is 2. The lowest BCUT2D eigenvalue weighted by Crippen LogP contribution is -2.36. The molecule has 1 atom stereocenters. The summed E-state index contributed by atoms with van der Waals surface area (Å²) in [4.78, 5) is 12.5. The van der Waals surface area contributed by atoms with Gasteiger partial charge >= 0.3 is 5.97 Å². The van der Waals surface area contributed by atoms with Crippen molar-refractivity contribution < 1.29 is 18.3 Å². The van der Waals surface area contributed by atoms with Gasteiger partial charge in [0, 0.05) is 13.6 Å². The Morgan fingerprint density at radius 2 is 1.83 bits per heavy atom. The number of hydrogen-bond donors (Lipinski definition) is 2. The summed E-state index contributed by atoms with van der Waals surface area (Å²) in [6.07, 6.45) is 0.656. The quantitative estimate of drug-likeness (QED) is 0.562. The van der Waals surface area contributed by atoms with E-state index in [1.807, 2.05) is 19.0 Å². The number of carboxylic acids is 1. The average molecular weight is 281 g/mol. The number of rotatable bonds is 9. The summed E-state index contributed by atoms with van der Waals surface area (Å²) in [5.41, 5.74) is 5.27. The van der Waals surface area contributed by atoms with E-state index in [1.54, 1.807) is 0 Å². The van der Waals surface area contributed by atoms with Crippen molar-refractivity contribution in [3.05, 3.63) is 0 Å². The van der Waals surface area contributed by atoms with Crippen LogP contribution in [0.25, 0.3) is 0 Å². The molecule has 0 heterocycles. The van der Waals surface area contributed by atoms with E-state index in [0.717, 1.165) is 13.0 Å². The van der Waals surface area contributed by atoms with Gasteiger partial charge in [0.25, 0.3) is 0 Å². The molecule has 0 aliphatic heterocycles. The van der Waals surface area contributed by atoms with Crippen LogP contribution in [0.3, 0.4) is 0 Å². The lowest BCUT2D eigenvalue weighted by atomic mass is 10.2. The molecule has 0 aliphatic carbocycles. The second kappa shape index (κ2) is 7.67. The van der Waals surface area contributed by atoms with E-state index in [0.29, 0.717) is 6.54 Å². The molecule has 0 aliphatic rings. The Bertz CT molecular complexity index is 356. The molecule has 108 valence electrons. The summed E-state index contributed by atoms with van der Waals surface area (Å²) in [7, 11) is 1.92. The molecule has 0 aromatic rings. The van der Waals surface area contributed by atoms with E-state index in [2.05, 4.69) is 0 Å². The van der Waals surface area contributed by atoms with Crippen LogP contribution in [0.1, 0.15) is 12.8 Å². The first-order chi connectivity index (χ1) is 8.16. The SMILES string of the molecule is CN(C)CCCN(C)S(=O)(=O)CCC(N)C(=O)O. The van der Waals surface area contributed by atoms with Crippen LogP contribution >= 0.6 is 0 Å². The molecule has 1 unspecified atom stereocenters. The first kappa shape index (κ1) is 17.3. The highest BCUT2D eigenvalue weighted by molar-refractivity contribution is 7.89. The Morgan fingerprint density at radius 3 is 2.28 bits per heavy atom. The summed E-state index contributed by atoms with van der Waals surface area (Å²) in [5, 5.41) is 8.58. The standard InChI is InChI=1S/C10H23N3O4S/c1-12(2)6-4-7-13(3)18(16,17)8-5-9(11)10(14)15/h9H,4-8,11H2,1-3H3,(H,14,15). The van der Waals surface area contributed by atoms with Crippen molar-refractivity contribution in [2.75, 3.05) is 40.0 Å². The fourth-order valence-corrected chi connectivity index (χ4v) is 2.57. The van der Waals surface area contributed by atoms with Crippen LogP contribution in [-0.2, 0) is 14.8 Å².